The molecule has 1 aliphatic rings. The minimum atomic E-state index is 0.101. The van der Waals surface area contributed by atoms with Crippen LogP contribution >= 0.6 is 0 Å². The van der Waals surface area contributed by atoms with E-state index in [2.05, 4.69) is 11.9 Å². The van der Waals surface area contributed by atoms with Gasteiger partial charge in [-0.25, -0.2) is 0 Å². The van der Waals surface area contributed by atoms with E-state index in [0.29, 0.717) is 6.54 Å². The third kappa shape index (κ3) is 2.95. The van der Waals surface area contributed by atoms with E-state index in [1.54, 1.807) is 0 Å². The van der Waals surface area contributed by atoms with Gasteiger partial charge in [0.05, 0.1) is 11.3 Å². The van der Waals surface area contributed by atoms with Crippen LogP contribution in [0.5, 0.6) is 0 Å². The van der Waals surface area contributed by atoms with Crippen molar-refractivity contribution < 1.29 is 4.79 Å². The lowest BCUT2D eigenvalue weighted by Crippen LogP contribution is -2.45. The van der Waals surface area contributed by atoms with Crippen LogP contribution in [0.1, 0.15) is 41.5 Å². The molecule has 0 aromatic carbocycles. The van der Waals surface area contributed by atoms with Crippen molar-refractivity contribution in [1.82, 2.24) is 9.88 Å². The Kier molecular flexibility index (Phi) is 3.90. The van der Waals surface area contributed by atoms with Gasteiger partial charge in [-0.05, 0) is 50.8 Å². The molecule has 1 aliphatic heterocycles. The molecule has 1 aromatic rings. The largest absolute Gasteiger partial charge is 0.339 e. The van der Waals surface area contributed by atoms with Crippen molar-refractivity contribution in [2.24, 2.45) is 11.1 Å². The second kappa shape index (κ2) is 5.29. The predicted molar refractivity (Wildman–Crippen MR) is 76.0 cm³/mol. The average molecular weight is 261 g/mol. The third-order valence-corrected chi connectivity index (χ3v) is 4.21. The number of carbonyl (C=O) groups excluding carboxylic acids is 1. The van der Waals surface area contributed by atoms with Crippen LogP contribution in [0, 0.1) is 19.3 Å². The van der Waals surface area contributed by atoms with Crippen LogP contribution in [-0.2, 0) is 0 Å². The number of rotatable bonds is 2. The molecule has 0 bridgehead atoms. The highest BCUT2D eigenvalue weighted by Gasteiger charge is 2.31. The van der Waals surface area contributed by atoms with Crippen molar-refractivity contribution in [2.45, 2.75) is 33.6 Å². The van der Waals surface area contributed by atoms with Crippen LogP contribution in [0.4, 0.5) is 0 Å². The predicted octanol–water partition coefficient (Wildman–Crippen LogP) is 1.90. The Labute approximate surface area is 115 Å². The molecule has 1 saturated heterocycles. The van der Waals surface area contributed by atoms with Crippen molar-refractivity contribution in [2.75, 3.05) is 19.6 Å². The van der Waals surface area contributed by atoms with Gasteiger partial charge in [0, 0.05) is 18.8 Å². The number of pyridine rings is 1. The Morgan fingerprint density at radius 3 is 2.53 bits per heavy atom. The first-order chi connectivity index (χ1) is 8.95. The summed E-state index contributed by atoms with van der Waals surface area (Å²) in [5, 5.41) is 0. The summed E-state index contributed by atoms with van der Waals surface area (Å²) in [4.78, 5) is 18.8. The van der Waals surface area contributed by atoms with Gasteiger partial charge in [0.2, 0.25) is 0 Å². The molecule has 2 rings (SSSR count). The zero-order chi connectivity index (χ0) is 14.0. The molecule has 0 saturated carbocycles. The number of amides is 1. The lowest BCUT2D eigenvalue weighted by atomic mass is 9.80. The first-order valence-electron chi connectivity index (χ1n) is 6.89. The second-order valence-electron chi connectivity index (χ2n) is 5.89. The van der Waals surface area contributed by atoms with Gasteiger partial charge in [-0.3, -0.25) is 9.78 Å². The number of aromatic nitrogens is 1. The summed E-state index contributed by atoms with van der Waals surface area (Å²) in [7, 11) is 0. The minimum absolute atomic E-state index is 0.101. The molecule has 0 unspecified atom stereocenters. The van der Waals surface area contributed by atoms with E-state index in [9.17, 15) is 4.79 Å². The van der Waals surface area contributed by atoms with Gasteiger partial charge in [0.1, 0.15) is 0 Å². The van der Waals surface area contributed by atoms with Crippen LogP contribution in [0.15, 0.2) is 12.1 Å². The van der Waals surface area contributed by atoms with E-state index < -0.39 is 0 Å². The summed E-state index contributed by atoms with van der Waals surface area (Å²) in [5.41, 5.74) is 8.48. The lowest BCUT2D eigenvalue weighted by Gasteiger charge is -2.38. The Balaban J connectivity index is 2.09. The van der Waals surface area contributed by atoms with Gasteiger partial charge in [-0.2, -0.15) is 0 Å². The van der Waals surface area contributed by atoms with Gasteiger partial charge in [0.15, 0.2) is 0 Å². The van der Waals surface area contributed by atoms with Crippen molar-refractivity contribution in [1.29, 1.82) is 0 Å². The molecule has 4 nitrogen and oxygen atoms in total. The molecule has 104 valence electrons. The highest BCUT2D eigenvalue weighted by Crippen LogP contribution is 2.30. The normalized spacial score (nSPS) is 18.4. The number of piperidine rings is 1. The standard InChI is InChI=1S/C15H23N3O/c1-11-4-5-13(12(2)17-11)14(19)18-8-6-15(3,10-16)7-9-18/h4-5H,6-10,16H2,1-3H3. The molecule has 19 heavy (non-hydrogen) atoms. The molecular weight excluding hydrogens is 238 g/mol. The van der Waals surface area contributed by atoms with E-state index in [4.69, 9.17) is 5.73 Å². The van der Waals surface area contributed by atoms with Gasteiger partial charge in [-0.1, -0.05) is 6.92 Å². The second-order valence-corrected chi connectivity index (χ2v) is 5.89. The number of nitrogens with two attached hydrogens (primary N) is 1. The number of hydrogen-bond donors (Lipinski definition) is 1. The highest BCUT2D eigenvalue weighted by atomic mass is 16.2. The van der Waals surface area contributed by atoms with E-state index in [1.807, 2.05) is 30.9 Å². The maximum absolute atomic E-state index is 12.5. The number of hydrogen-bond acceptors (Lipinski definition) is 3. The Bertz CT molecular complexity index is 476. The molecule has 2 N–H and O–H groups in total. The summed E-state index contributed by atoms with van der Waals surface area (Å²) in [6.07, 6.45) is 1.96. The zero-order valence-corrected chi connectivity index (χ0v) is 12.1. The topological polar surface area (TPSA) is 59.2 Å². The molecule has 1 aromatic heterocycles. The van der Waals surface area contributed by atoms with Crippen molar-refractivity contribution in [3.8, 4) is 0 Å². The van der Waals surface area contributed by atoms with Crippen LogP contribution in [0.3, 0.4) is 0 Å². The molecule has 0 radical (unpaired) electrons. The molecule has 4 heteroatoms. The summed E-state index contributed by atoms with van der Waals surface area (Å²) in [5.74, 6) is 0.101. The molecular formula is C15H23N3O. The van der Waals surface area contributed by atoms with Gasteiger partial charge in [0.25, 0.3) is 5.91 Å². The molecule has 0 aliphatic carbocycles. The van der Waals surface area contributed by atoms with Gasteiger partial charge >= 0.3 is 0 Å². The molecule has 0 spiro atoms. The first-order valence-corrected chi connectivity index (χ1v) is 6.89. The average Bonchev–Trinajstić information content (AvgIpc) is 2.39. The Hall–Kier alpha value is -1.42. The molecule has 1 fully saturated rings. The summed E-state index contributed by atoms with van der Waals surface area (Å²) in [6, 6.07) is 3.78. The monoisotopic (exact) mass is 261 g/mol. The molecule has 1 amide bonds. The first kappa shape index (κ1) is 14.0. The van der Waals surface area contributed by atoms with Crippen molar-refractivity contribution >= 4 is 5.91 Å². The summed E-state index contributed by atoms with van der Waals surface area (Å²) in [6.45, 7) is 8.32. The maximum atomic E-state index is 12.5. The van der Waals surface area contributed by atoms with E-state index in [1.165, 1.54) is 0 Å². The van der Waals surface area contributed by atoms with E-state index in [0.717, 1.165) is 42.9 Å². The highest BCUT2D eigenvalue weighted by molar-refractivity contribution is 5.95. The Morgan fingerprint density at radius 1 is 1.37 bits per heavy atom. The van der Waals surface area contributed by atoms with Crippen LogP contribution < -0.4 is 5.73 Å². The molecule has 2 heterocycles. The molecule has 0 atom stereocenters. The third-order valence-electron chi connectivity index (χ3n) is 4.21. The number of nitrogens with zero attached hydrogens (tertiary/aromatic N) is 2. The SMILES string of the molecule is Cc1ccc(C(=O)N2CCC(C)(CN)CC2)c(C)n1. The smallest absolute Gasteiger partial charge is 0.255 e. The quantitative estimate of drug-likeness (QED) is 0.884. The fraction of sp³-hybridized carbons (Fsp3) is 0.600. The number of carbonyl (C=O) groups is 1. The summed E-state index contributed by atoms with van der Waals surface area (Å²) < 4.78 is 0. The van der Waals surface area contributed by atoms with E-state index in [-0.39, 0.29) is 11.3 Å². The van der Waals surface area contributed by atoms with Crippen LogP contribution in [-0.4, -0.2) is 35.4 Å². The minimum Gasteiger partial charge on any atom is -0.339 e. The van der Waals surface area contributed by atoms with Crippen LogP contribution in [0.25, 0.3) is 0 Å². The maximum Gasteiger partial charge on any atom is 0.255 e. The fourth-order valence-electron chi connectivity index (χ4n) is 2.54. The van der Waals surface area contributed by atoms with Crippen molar-refractivity contribution in [3.05, 3.63) is 29.1 Å². The van der Waals surface area contributed by atoms with Crippen LogP contribution in [0.2, 0.25) is 0 Å². The zero-order valence-electron chi connectivity index (χ0n) is 12.1. The van der Waals surface area contributed by atoms with Gasteiger partial charge in [-0.15, -0.1) is 0 Å². The number of likely N-dealkylation sites (tertiary alicyclic amines) is 1. The van der Waals surface area contributed by atoms with E-state index >= 15 is 0 Å². The fourth-order valence-corrected chi connectivity index (χ4v) is 2.54. The summed E-state index contributed by atoms with van der Waals surface area (Å²) >= 11 is 0. The number of aryl methyl sites for hydroxylation is 2. The lowest BCUT2D eigenvalue weighted by molar-refractivity contribution is 0.0616. The Morgan fingerprint density at radius 2 is 2.00 bits per heavy atom. The van der Waals surface area contributed by atoms with Gasteiger partial charge < -0.3 is 10.6 Å². The van der Waals surface area contributed by atoms with Crippen molar-refractivity contribution in [3.63, 3.8) is 0 Å².